The molecule has 0 radical (unpaired) electrons. The molecule has 1 saturated heterocycles. The smallest absolute Gasteiger partial charge is 0.315 e. The molecular formula is C14H19ClN4O4S. The van der Waals surface area contributed by atoms with Crippen molar-refractivity contribution in [3.63, 3.8) is 0 Å². The van der Waals surface area contributed by atoms with Crippen molar-refractivity contribution in [2.24, 2.45) is 5.73 Å². The molecule has 24 heavy (non-hydrogen) atoms. The third kappa shape index (κ3) is 4.59. The van der Waals surface area contributed by atoms with Gasteiger partial charge in [-0.3, -0.25) is 4.79 Å². The van der Waals surface area contributed by atoms with Gasteiger partial charge in [-0.15, -0.1) is 0 Å². The SMILES string of the molecule is NC(=O)N1CCC[C@H]1C(=O)NCCNS(=O)(=O)c1ccc(Cl)cc1. The Kier molecular flexibility index (Phi) is 6.03. The van der Waals surface area contributed by atoms with E-state index in [-0.39, 0.29) is 23.9 Å². The maximum atomic E-state index is 12.0. The summed E-state index contributed by atoms with van der Waals surface area (Å²) in [6.45, 7) is 0.589. The van der Waals surface area contributed by atoms with E-state index in [1.807, 2.05) is 0 Å². The number of carbonyl (C=O) groups excluding carboxylic acids is 2. The van der Waals surface area contributed by atoms with E-state index in [1.165, 1.54) is 29.2 Å². The van der Waals surface area contributed by atoms with Crippen molar-refractivity contribution >= 4 is 33.6 Å². The minimum Gasteiger partial charge on any atom is -0.353 e. The Balaban J connectivity index is 1.81. The minimum absolute atomic E-state index is 0.0278. The first kappa shape index (κ1) is 18.5. The van der Waals surface area contributed by atoms with Crippen molar-refractivity contribution in [1.82, 2.24) is 14.9 Å². The Hall–Kier alpha value is -1.84. The van der Waals surface area contributed by atoms with Gasteiger partial charge in [0, 0.05) is 24.7 Å². The average Bonchev–Trinajstić information content (AvgIpc) is 3.02. The molecule has 0 aliphatic carbocycles. The maximum absolute atomic E-state index is 12.0. The van der Waals surface area contributed by atoms with Crippen molar-refractivity contribution in [1.29, 1.82) is 0 Å². The summed E-state index contributed by atoms with van der Waals surface area (Å²) in [6.07, 6.45) is 1.26. The molecule has 132 valence electrons. The molecule has 1 heterocycles. The molecule has 0 aromatic heterocycles. The molecule has 0 saturated carbocycles. The number of sulfonamides is 1. The number of primary amides is 1. The summed E-state index contributed by atoms with van der Waals surface area (Å²) in [5, 5.41) is 3.05. The quantitative estimate of drug-likeness (QED) is 0.619. The van der Waals surface area contributed by atoms with E-state index in [9.17, 15) is 18.0 Å². The summed E-state index contributed by atoms with van der Waals surface area (Å²) in [6, 6.07) is 4.54. The van der Waals surface area contributed by atoms with Gasteiger partial charge in [-0.25, -0.2) is 17.9 Å². The van der Waals surface area contributed by atoms with E-state index in [0.29, 0.717) is 24.4 Å². The topological polar surface area (TPSA) is 122 Å². The molecule has 0 unspecified atom stereocenters. The van der Waals surface area contributed by atoms with E-state index < -0.39 is 22.1 Å². The second-order valence-electron chi connectivity index (χ2n) is 5.33. The number of nitrogens with one attached hydrogen (secondary N) is 2. The Morgan fingerprint density at radius 3 is 2.54 bits per heavy atom. The summed E-state index contributed by atoms with van der Waals surface area (Å²) < 4.78 is 26.5. The highest BCUT2D eigenvalue weighted by Gasteiger charge is 2.32. The van der Waals surface area contributed by atoms with E-state index in [4.69, 9.17) is 17.3 Å². The van der Waals surface area contributed by atoms with Crippen LogP contribution >= 0.6 is 11.6 Å². The Morgan fingerprint density at radius 2 is 1.92 bits per heavy atom. The summed E-state index contributed by atoms with van der Waals surface area (Å²) in [5.74, 6) is -0.336. The van der Waals surface area contributed by atoms with Crippen LogP contribution in [0.4, 0.5) is 4.79 Å². The third-order valence-electron chi connectivity index (χ3n) is 3.68. The molecule has 1 aromatic carbocycles. The minimum atomic E-state index is -3.66. The van der Waals surface area contributed by atoms with Gasteiger partial charge in [-0.1, -0.05) is 11.6 Å². The highest BCUT2D eigenvalue weighted by Crippen LogP contribution is 2.16. The molecule has 3 amide bonds. The number of amides is 3. The standard InChI is InChI=1S/C14H19ClN4O4S/c15-10-3-5-11(6-4-10)24(22,23)18-8-7-17-13(20)12-2-1-9-19(12)14(16)21/h3-6,12,18H,1-2,7-9H2,(H2,16,21)(H,17,20)/t12-/m0/s1. The number of halogens is 1. The third-order valence-corrected chi connectivity index (χ3v) is 5.41. The zero-order valence-corrected chi connectivity index (χ0v) is 14.4. The van der Waals surface area contributed by atoms with Crippen LogP contribution in [-0.4, -0.2) is 50.9 Å². The predicted molar refractivity (Wildman–Crippen MR) is 89.0 cm³/mol. The first-order valence-corrected chi connectivity index (χ1v) is 9.26. The van der Waals surface area contributed by atoms with Crippen LogP contribution < -0.4 is 15.8 Å². The number of rotatable bonds is 6. The van der Waals surface area contributed by atoms with Gasteiger partial charge < -0.3 is 16.0 Å². The number of hydrogen-bond donors (Lipinski definition) is 3. The van der Waals surface area contributed by atoms with Crippen molar-refractivity contribution < 1.29 is 18.0 Å². The van der Waals surface area contributed by atoms with Crippen molar-refractivity contribution in [3.8, 4) is 0 Å². The van der Waals surface area contributed by atoms with E-state index >= 15 is 0 Å². The van der Waals surface area contributed by atoms with Gasteiger partial charge in [0.2, 0.25) is 15.9 Å². The highest BCUT2D eigenvalue weighted by molar-refractivity contribution is 7.89. The van der Waals surface area contributed by atoms with Crippen molar-refractivity contribution in [3.05, 3.63) is 29.3 Å². The lowest BCUT2D eigenvalue weighted by molar-refractivity contribution is -0.124. The predicted octanol–water partition coefficient (Wildman–Crippen LogP) is 0.278. The first-order chi connectivity index (χ1) is 11.3. The molecule has 1 fully saturated rings. The molecule has 1 atom stereocenters. The summed E-state index contributed by atoms with van der Waals surface area (Å²) in [5.41, 5.74) is 5.22. The molecule has 1 aromatic rings. The number of carbonyl (C=O) groups is 2. The second-order valence-corrected chi connectivity index (χ2v) is 7.54. The van der Waals surface area contributed by atoms with Crippen molar-refractivity contribution in [2.45, 2.75) is 23.8 Å². The van der Waals surface area contributed by atoms with Gasteiger partial charge in [0.15, 0.2) is 0 Å². The molecule has 8 nitrogen and oxygen atoms in total. The van der Waals surface area contributed by atoms with Crippen LogP contribution in [0.1, 0.15) is 12.8 Å². The fourth-order valence-electron chi connectivity index (χ4n) is 2.49. The lowest BCUT2D eigenvalue weighted by Crippen LogP contribution is -2.49. The number of hydrogen-bond acceptors (Lipinski definition) is 4. The fourth-order valence-corrected chi connectivity index (χ4v) is 3.65. The second kappa shape index (κ2) is 7.82. The lowest BCUT2D eigenvalue weighted by Gasteiger charge is -2.21. The van der Waals surface area contributed by atoms with Crippen molar-refractivity contribution in [2.75, 3.05) is 19.6 Å². The maximum Gasteiger partial charge on any atom is 0.315 e. The van der Waals surface area contributed by atoms with Crippen LogP contribution in [0.15, 0.2) is 29.2 Å². The van der Waals surface area contributed by atoms with Gasteiger partial charge in [-0.05, 0) is 37.1 Å². The van der Waals surface area contributed by atoms with Gasteiger partial charge >= 0.3 is 6.03 Å². The summed E-state index contributed by atoms with van der Waals surface area (Å²) in [7, 11) is -3.66. The van der Waals surface area contributed by atoms with Crippen LogP contribution in [0.2, 0.25) is 5.02 Å². The van der Waals surface area contributed by atoms with Crippen LogP contribution in [0.3, 0.4) is 0 Å². The Morgan fingerprint density at radius 1 is 1.25 bits per heavy atom. The normalized spacial score (nSPS) is 17.7. The fraction of sp³-hybridized carbons (Fsp3) is 0.429. The van der Waals surface area contributed by atoms with Crippen LogP contribution in [0, 0.1) is 0 Å². The van der Waals surface area contributed by atoms with E-state index in [1.54, 1.807) is 0 Å². The van der Waals surface area contributed by atoms with Gasteiger partial charge in [0.25, 0.3) is 0 Å². The van der Waals surface area contributed by atoms with Gasteiger partial charge in [0.1, 0.15) is 6.04 Å². The molecule has 1 aliphatic rings. The van der Waals surface area contributed by atoms with Crippen LogP contribution in [0.25, 0.3) is 0 Å². The number of nitrogens with two attached hydrogens (primary N) is 1. The average molecular weight is 375 g/mol. The Labute approximate surface area is 145 Å². The molecular weight excluding hydrogens is 356 g/mol. The highest BCUT2D eigenvalue weighted by atomic mass is 35.5. The van der Waals surface area contributed by atoms with E-state index in [0.717, 1.165) is 0 Å². The zero-order chi connectivity index (χ0) is 17.7. The number of urea groups is 1. The zero-order valence-electron chi connectivity index (χ0n) is 12.9. The first-order valence-electron chi connectivity index (χ1n) is 7.40. The van der Waals surface area contributed by atoms with Crippen LogP contribution in [-0.2, 0) is 14.8 Å². The molecule has 0 spiro atoms. The summed E-state index contributed by atoms with van der Waals surface area (Å²) >= 11 is 5.72. The largest absolute Gasteiger partial charge is 0.353 e. The Bertz CT molecular complexity index is 708. The van der Waals surface area contributed by atoms with E-state index in [2.05, 4.69) is 10.0 Å². The van der Waals surface area contributed by atoms with Gasteiger partial charge in [-0.2, -0.15) is 0 Å². The van der Waals surface area contributed by atoms with Crippen LogP contribution in [0.5, 0.6) is 0 Å². The number of likely N-dealkylation sites (tertiary alicyclic amines) is 1. The molecule has 4 N–H and O–H groups in total. The lowest BCUT2D eigenvalue weighted by atomic mass is 10.2. The molecule has 2 rings (SSSR count). The summed E-state index contributed by atoms with van der Waals surface area (Å²) in [4.78, 5) is 24.7. The number of nitrogens with zero attached hydrogens (tertiary/aromatic N) is 1. The molecule has 1 aliphatic heterocycles. The monoisotopic (exact) mass is 374 g/mol. The van der Waals surface area contributed by atoms with Gasteiger partial charge in [0.05, 0.1) is 4.90 Å². The number of benzene rings is 1. The molecule has 0 bridgehead atoms. The molecule has 10 heteroatoms.